The van der Waals surface area contributed by atoms with Crippen LogP contribution in [0.15, 0.2) is 24.3 Å². The summed E-state index contributed by atoms with van der Waals surface area (Å²) in [5.74, 6) is -0.691. The monoisotopic (exact) mass is 270 g/mol. The molecular formula is C13H18O6. The van der Waals surface area contributed by atoms with Crippen LogP contribution in [0.3, 0.4) is 0 Å². The summed E-state index contributed by atoms with van der Waals surface area (Å²) in [5.41, 5.74) is 0.133. The van der Waals surface area contributed by atoms with Crippen LogP contribution in [0.5, 0.6) is 5.75 Å². The van der Waals surface area contributed by atoms with Gasteiger partial charge in [0, 0.05) is 0 Å². The maximum absolute atomic E-state index is 11.5. The molecule has 0 heterocycles. The molecule has 0 unspecified atom stereocenters. The molecule has 2 N–H and O–H groups in total. The number of ether oxygens (including phenoxy) is 3. The zero-order chi connectivity index (χ0) is 13.9. The topological polar surface area (TPSA) is 85.2 Å². The van der Waals surface area contributed by atoms with Crippen LogP contribution < -0.4 is 0 Å². The van der Waals surface area contributed by atoms with Crippen molar-refractivity contribution in [3.05, 3.63) is 29.8 Å². The Morgan fingerprint density at radius 2 is 1.63 bits per heavy atom. The standard InChI is InChI=1S/C13H18O6/c14-5-6-17-7-8-18-9-10-19-13(16)11-3-1-2-4-12(11)15/h1-4,14-15H,5-10H2. The molecule has 0 fully saturated rings. The quantitative estimate of drug-likeness (QED) is 0.504. The summed E-state index contributed by atoms with van der Waals surface area (Å²) in [7, 11) is 0. The van der Waals surface area contributed by atoms with Crippen molar-refractivity contribution in [3.63, 3.8) is 0 Å². The largest absolute Gasteiger partial charge is 0.507 e. The third-order valence-corrected chi connectivity index (χ3v) is 2.19. The summed E-state index contributed by atoms with van der Waals surface area (Å²) in [6.07, 6.45) is 0. The molecule has 1 aromatic rings. The van der Waals surface area contributed by atoms with Gasteiger partial charge in [-0.15, -0.1) is 0 Å². The number of rotatable bonds is 9. The Kier molecular flexibility index (Phi) is 7.57. The fourth-order valence-corrected chi connectivity index (χ4v) is 1.30. The van der Waals surface area contributed by atoms with Crippen LogP contribution in [0.25, 0.3) is 0 Å². The van der Waals surface area contributed by atoms with Crippen LogP contribution in [0, 0.1) is 0 Å². The van der Waals surface area contributed by atoms with Crippen LogP contribution in [0.2, 0.25) is 0 Å². The first kappa shape index (κ1) is 15.4. The van der Waals surface area contributed by atoms with Crippen molar-refractivity contribution in [2.75, 3.05) is 39.6 Å². The molecule has 1 aromatic carbocycles. The second-order valence-electron chi connectivity index (χ2n) is 3.60. The van der Waals surface area contributed by atoms with E-state index in [-0.39, 0.29) is 37.7 Å². The Morgan fingerprint density at radius 1 is 1.00 bits per heavy atom. The predicted molar refractivity (Wildman–Crippen MR) is 67.1 cm³/mol. The molecule has 0 bridgehead atoms. The fourth-order valence-electron chi connectivity index (χ4n) is 1.30. The summed E-state index contributed by atoms with van der Waals surface area (Å²) in [4.78, 5) is 11.5. The number of aliphatic hydroxyl groups is 1. The molecule has 0 aliphatic heterocycles. The Hall–Kier alpha value is -1.63. The van der Waals surface area contributed by atoms with Gasteiger partial charge in [-0.1, -0.05) is 12.1 Å². The average molecular weight is 270 g/mol. The van der Waals surface area contributed by atoms with Gasteiger partial charge in [-0.05, 0) is 12.1 Å². The van der Waals surface area contributed by atoms with Crippen LogP contribution in [-0.4, -0.2) is 55.8 Å². The third kappa shape index (κ3) is 6.19. The van der Waals surface area contributed by atoms with Gasteiger partial charge in [0.1, 0.15) is 17.9 Å². The van der Waals surface area contributed by atoms with E-state index >= 15 is 0 Å². The molecule has 0 aliphatic rings. The van der Waals surface area contributed by atoms with Crippen molar-refractivity contribution >= 4 is 5.97 Å². The molecule has 6 nitrogen and oxygen atoms in total. The van der Waals surface area contributed by atoms with Crippen molar-refractivity contribution in [2.24, 2.45) is 0 Å². The van der Waals surface area contributed by atoms with Gasteiger partial charge in [-0.2, -0.15) is 0 Å². The fraction of sp³-hybridized carbons (Fsp3) is 0.462. The van der Waals surface area contributed by atoms with E-state index in [9.17, 15) is 9.90 Å². The lowest BCUT2D eigenvalue weighted by Gasteiger charge is -2.07. The summed E-state index contributed by atoms with van der Waals surface area (Å²) < 4.78 is 15.1. The van der Waals surface area contributed by atoms with Crippen molar-refractivity contribution in [2.45, 2.75) is 0 Å². The molecule has 0 spiro atoms. The lowest BCUT2D eigenvalue weighted by atomic mass is 10.2. The van der Waals surface area contributed by atoms with Crippen molar-refractivity contribution in [3.8, 4) is 5.75 Å². The second-order valence-corrected chi connectivity index (χ2v) is 3.60. The number of phenols is 1. The number of carbonyl (C=O) groups is 1. The number of aromatic hydroxyl groups is 1. The maximum atomic E-state index is 11.5. The molecule has 19 heavy (non-hydrogen) atoms. The lowest BCUT2D eigenvalue weighted by molar-refractivity contribution is 0.00908. The molecule has 0 atom stereocenters. The molecule has 0 saturated heterocycles. The number of phenolic OH excluding ortho intramolecular Hbond substituents is 1. The Labute approximate surface area is 111 Å². The highest BCUT2D eigenvalue weighted by Gasteiger charge is 2.10. The second kappa shape index (κ2) is 9.32. The van der Waals surface area contributed by atoms with Crippen molar-refractivity contribution < 1.29 is 29.2 Å². The first-order chi connectivity index (χ1) is 9.25. The van der Waals surface area contributed by atoms with E-state index in [1.165, 1.54) is 12.1 Å². The number of esters is 1. The summed E-state index contributed by atoms with van der Waals surface area (Å²) in [5, 5.41) is 17.9. The minimum Gasteiger partial charge on any atom is -0.507 e. The Bertz CT molecular complexity index is 379. The highest BCUT2D eigenvalue weighted by molar-refractivity contribution is 5.92. The van der Waals surface area contributed by atoms with Crippen LogP contribution in [-0.2, 0) is 14.2 Å². The predicted octanol–water partition coefficient (Wildman–Crippen LogP) is 0.574. The molecule has 0 aliphatic carbocycles. The van der Waals surface area contributed by atoms with Gasteiger partial charge in [0.25, 0.3) is 0 Å². The first-order valence-electron chi connectivity index (χ1n) is 5.97. The summed E-state index contributed by atoms with van der Waals surface area (Å²) in [6.45, 7) is 1.38. The van der Waals surface area contributed by atoms with Gasteiger partial charge in [-0.3, -0.25) is 0 Å². The number of benzene rings is 1. The molecule has 106 valence electrons. The minimum atomic E-state index is -0.585. The first-order valence-corrected chi connectivity index (χ1v) is 5.97. The van der Waals surface area contributed by atoms with Crippen molar-refractivity contribution in [1.82, 2.24) is 0 Å². The van der Waals surface area contributed by atoms with Crippen molar-refractivity contribution in [1.29, 1.82) is 0 Å². The zero-order valence-electron chi connectivity index (χ0n) is 10.6. The molecule has 0 saturated carbocycles. The van der Waals surface area contributed by atoms with E-state index in [4.69, 9.17) is 19.3 Å². The number of hydrogen-bond acceptors (Lipinski definition) is 6. The Morgan fingerprint density at radius 3 is 2.32 bits per heavy atom. The SMILES string of the molecule is O=C(OCCOCCOCCO)c1ccccc1O. The van der Waals surface area contributed by atoms with Gasteiger partial charge < -0.3 is 24.4 Å². The average Bonchev–Trinajstić information content (AvgIpc) is 2.42. The van der Waals surface area contributed by atoms with Gasteiger partial charge in [0.05, 0.1) is 33.0 Å². The molecule has 0 aromatic heterocycles. The highest BCUT2D eigenvalue weighted by atomic mass is 16.6. The van der Waals surface area contributed by atoms with Gasteiger partial charge in [-0.25, -0.2) is 4.79 Å². The molecule has 1 rings (SSSR count). The molecular weight excluding hydrogens is 252 g/mol. The zero-order valence-corrected chi connectivity index (χ0v) is 10.6. The number of hydrogen-bond donors (Lipinski definition) is 2. The molecule has 6 heteroatoms. The van der Waals surface area contributed by atoms with Gasteiger partial charge in [0.2, 0.25) is 0 Å². The highest BCUT2D eigenvalue weighted by Crippen LogP contribution is 2.16. The maximum Gasteiger partial charge on any atom is 0.341 e. The van der Waals surface area contributed by atoms with E-state index in [2.05, 4.69) is 0 Å². The third-order valence-electron chi connectivity index (χ3n) is 2.19. The van der Waals surface area contributed by atoms with Crippen LogP contribution in [0.1, 0.15) is 10.4 Å². The minimum absolute atomic E-state index is 0.0157. The summed E-state index contributed by atoms with van der Waals surface area (Å²) >= 11 is 0. The summed E-state index contributed by atoms with van der Waals surface area (Å²) in [6, 6.07) is 6.18. The normalized spacial score (nSPS) is 10.4. The van der Waals surface area contributed by atoms with Gasteiger partial charge >= 0.3 is 5.97 Å². The molecule has 0 amide bonds. The van der Waals surface area contributed by atoms with E-state index in [0.29, 0.717) is 13.2 Å². The van der Waals surface area contributed by atoms with Crippen LogP contribution >= 0.6 is 0 Å². The number of para-hydroxylation sites is 1. The number of carbonyl (C=O) groups excluding carboxylic acids is 1. The van der Waals surface area contributed by atoms with Crippen LogP contribution in [0.4, 0.5) is 0 Å². The van der Waals surface area contributed by atoms with E-state index in [0.717, 1.165) is 0 Å². The van der Waals surface area contributed by atoms with E-state index in [1.54, 1.807) is 12.1 Å². The number of aliphatic hydroxyl groups excluding tert-OH is 1. The molecule has 0 radical (unpaired) electrons. The van der Waals surface area contributed by atoms with Gasteiger partial charge in [0.15, 0.2) is 0 Å². The lowest BCUT2D eigenvalue weighted by Crippen LogP contribution is -2.13. The Balaban J connectivity index is 2.10. The van der Waals surface area contributed by atoms with E-state index in [1.807, 2.05) is 0 Å². The smallest absolute Gasteiger partial charge is 0.341 e. The van der Waals surface area contributed by atoms with E-state index < -0.39 is 5.97 Å².